The average molecular weight is 1150 g/mol. The molecule has 6 aromatic heterocycles. The van der Waals surface area contributed by atoms with Crippen LogP contribution < -0.4 is 32.9 Å². The molecule has 0 spiro atoms. The Balaban J connectivity index is 0.809. The molecule has 10 rings (SSSR count). The Morgan fingerprint density at radius 1 is 0.787 bits per heavy atom. The van der Waals surface area contributed by atoms with Gasteiger partial charge >= 0.3 is 36.9 Å². The van der Waals surface area contributed by atoms with Crippen LogP contribution in [0.4, 0.5) is 22.1 Å². The zero-order chi connectivity index (χ0) is 53.9. The van der Waals surface area contributed by atoms with E-state index in [1.807, 2.05) is 0 Å². The van der Waals surface area contributed by atoms with E-state index in [9.17, 15) is 62.7 Å². The molecular weight excluding hydrogens is 1110 g/mol. The minimum absolute atomic E-state index is 0.0171. The number of anilines is 3. The van der Waals surface area contributed by atoms with Gasteiger partial charge in [-0.25, -0.2) is 47.2 Å². The molecule has 75 heavy (non-hydrogen) atoms. The number of aliphatic hydroxyl groups excluding tert-OH is 3. The van der Waals surface area contributed by atoms with Crippen LogP contribution in [0.2, 0.25) is 0 Å². The van der Waals surface area contributed by atoms with Crippen LogP contribution in [-0.4, -0.2) is 169 Å². The molecule has 2 bridgehead atoms. The zero-order valence-corrected chi connectivity index (χ0v) is 41.1. The monoisotopic (exact) mass is 1150 g/mol. The number of nitrogens with zero attached hydrogens (tertiary/aromatic N) is 10. The van der Waals surface area contributed by atoms with E-state index in [1.54, 1.807) is 0 Å². The first-order chi connectivity index (χ1) is 35.2. The number of halogens is 1. The van der Waals surface area contributed by atoms with Gasteiger partial charge in [0, 0.05) is 0 Å². The summed E-state index contributed by atoms with van der Waals surface area (Å²) in [4.78, 5) is 95.6. The minimum Gasteiger partial charge on any atom is -0.387 e. The van der Waals surface area contributed by atoms with Gasteiger partial charge in [0.1, 0.15) is 60.2 Å². The van der Waals surface area contributed by atoms with Crippen LogP contribution >= 0.6 is 31.3 Å². The summed E-state index contributed by atoms with van der Waals surface area (Å²) < 4.78 is 125. The van der Waals surface area contributed by atoms with Crippen LogP contribution in [0.5, 0.6) is 0 Å². The Morgan fingerprint density at radius 3 is 2.13 bits per heavy atom. The van der Waals surface area contributed by atoms with Gasteiger partial charge in [-0.1, -0.05) is 4.98 Å². The zero-order valence-electron chi connectivity index (χ0n) is 37.5. The van der Waals surface area contributed by atoms with Crippen molar-refractivity contribution in [2.45, 2.75) is 73.2 Å². The molecule has 15 N–H and O–H groups in total. The van der Waals surface area contributed by atoms with Gasteiger partial charge in [0.15, 0.2) is 47.6 Å². The highest BCUT2D eigenvalue weighted by molar-refractivity contribution is 7.66. The number of hydrogen-bond acceptors (Lipinski definition) is 28. The molecule has 43 heteroatoms. The van der Waals surface area contributed by atoms with E-state index in [1.165, 1.54) is 22.5 Å². The maximum absolute atomic E-state index is 15.4. The van der Waals surface area contributed by atoms with Crippen molar-refractivity contribution in [2.24, 2.45) is 7.05 Å². The maximum Gasteiger partial charge on any atom is 0.490 e. The molecule has 16 atom stereocenters. The first-order valence-corrected chi connectivity index (χ1v) is 27.2. The number of hydrogen-bond donors (Lipinski definition) is 12. The van der Waals surface area contributed by atoms with Gasteiger partial charge in [-0.05, 0) is 0 Å². The number of nitrogen functional groups attached to an aromatic ring is 3. The second kappa shape index (κ2) is 19.1. The van der Waals surface area contributed by atoms with E-state index in [2.05, 4.69) is 53.0 Å². The second-order valence-electron chi connectivity index (χ2n) is 16.9. The average Bonchev–Trinajstić information content (AvgIpc) is 4.23. The van der Waals surface area contributed by atoms with Crippen LogP contribution in [-0.2, 0) is 71.0 Å². The van der Waals surface area contributed by atoms with Crippen LogP contribution in [0.3, 0.4) is 0 Å². The Bertz CT molecular complexity index is 3550. The van der Waals surface area contributed by atoms with Crippen molar-refractivity contribution in [3.63, 3.8) is 0 Å². The largest absolute Gasteiger partial charge is 0.490 e. The number of aromatic amines is 2. The molecule has 0 radical (unpaired) electrons. The van der Waals surface area contributed by atoms with Crippen molar-refractivity contribution in [2.75, 3.05) is 43.6 Å². The molecule has 408 valence electrons. The number of nitrogens with one attached hydrogen (secondary N) is 2. The molecule has 4 aliphatic rings. The number of aromatic nitrogens is 12. The molecule has 0 amide bonds. The van der Waals surface area contributed by atoms with Gasteiger partial charge in [0.05, 0.1) is 46.1 Å². The van der Waals surface area contributed by atoms with Crippen molar-refractivity contribution in [3.05, 3.63) is 46.0 Å². The van der Waals surface area contributed by atoms with Crippen molar-refractivity contribution in [1.29, 1.82) is 0 Å². The molecule has 38 nitrogen and oxygen atoms in total. The molecule has 4 saturated heterocycles. The molecule has 0 saturated carbocycles. The Morgan fingerprint density at radius 2 is 1.41 bits per heavy atom. The summed E-state index contributed by atoms with van der Waals surface area (Å²) in [6, 6.07) is 0. The number of phosphoric acid groups is 4. The van der Waals surface area contributed by atoms with Crippen molar-refractivity contribution >= 4 is 82.5 Å². The Hall–Kier alpha value is -5.18. The predicted octanol–water partition coefficient (Wildman–Crippen LogP) is -3.98. The number of rotatable bonds is 18. The fraction of sp³-hybridized carbons (Fsp3) is 0.531. The molecule has 0 aromatic carbocycles. The van der Waals surface area contributed by atoms with E-state index >= 15 is 4.39 Å². The molecule has 10 heterocycles. The second-order valence-corrected chi connectivity index (χ2v) is 23.0. The van der Waals surface area contributed by atoms with E-state index in [-0.39, 0.29) is 51.2 Å². The summed E-state index contributed by atoms with van der Waals surface area (Å²) in [6.45, 7) is -4.19. The minimum atomic E-state index is -6.24. The van der Waals surface area contributed by atoms with Crippen LogP contribution in [0, 0.1) is 0 Å². The lowest BCUT2D eigenvalue weighted by molar-refractivity contribution is -0.744. The van der Waals surface area contributed by atoms with Gasteiger partial charge in [-0.15, -0.1) is 0 Å². The molecule has 0 aliphatic carbocycles. The van der Waals surface area contributed by atoms with Crippen LogP contribution in [0.15, 0.2) is 34.9 Å². The maximum atomic E-state index is 15.4. The third-order valence-corrected chi connectivity index (χ3v) is 17.2. The summed E-state index contributed by atoms with van der Waals surface area (Å²) in [5.41, 5.74) is 12.9. The summed E-state index contributed by atoms with van der Waals surface area (Å²) >= 11 is 0. The number of H-pyrrole nitrogens is 2. The summed E-state index contributed by atoms with van der Waals surface area (Å²) in [5.74, 6) is -0.751. The van der Waals surface area contributed by atoms with Crippen LogP contribution in [0.1, 0.15) is 18.7 Å². The van der Waals surface area contributed by atoms with E-state index < -0.39 is 142 Å². The van der Waals surface area contributed by atoms with Gasteiger partial charge in [0.25, 0.3) is 17.1 Å². The van der Waals surface area contributed by atoms with E-state index in [0.29, 0.717) is 0 Å². The SMILES string of the molecule is Cn1c[n+]([C@@H]2O[C@H](COP(=O)(O)OP(=O)(O)OP(=O)(O)OC[C@]34CO[C@@H](C3OP(=O)(O)OC[C@H]3O[C@@H](n5cnc6c(=O)[nH]c(N)nc65)[C@@H](O)C3O)[C@H](n3cnc5c(N)ncnc53)O4)[C@H](O)C2F)c2nc(N)[nH]c(=O)c21. The topological polar surface area (TPSA) is 542 Å². The summed E-state index contributed by atoms with van der Waals surface area (Å²) in [6.07, 6.45) is -15.0. The number of alkyl halides is 1. The standard InChI is InChI=1S/C32H40FN15O23P4/c1-45-9-48(24-15(45)26(53)44-31(36)42-24)27-12(33)16(49)10(66-27)2-64-73(56,57)70-75(60,61)71-74(58,59)65-5-32-4-62-19(29(68-32)46-7-39-13-21(34)37-6-38-22(13)46)20(32)69-72(54,55)63-3-11-17(50)18(51)28(67-11)47-8-40-14-23(47)41-30(35)43-25(14)52/h6-12,16-20,27-29,49-51H,2-5H2,1H3,(H11-,34,35,36,37,38,41,42,43,44,52,53,54,55,56,57,58,59,60,61)/p+1/t10-,11-,12?,16+,17?,18+,19+,20?,27-,28-,29-,32-/m1/s1. The van der Waals surface area contributed by atoms with Crippen molar-refractivity contribution in [1.82, 2.24) is 53.6 Å². The smallest absolute Gasteiger partial charge is 0.387 e. The number of aryl methyl sites for hydroxylation is 1. The molecule has 6 aromatic rings. The highest BCUT2D eigenvalue weighted by Gasteiger charge is 2.66. The molecule has 7 unspecified atom stereocenters. The van der Waals surface area contributed by atoms with Crippen molar-refractivity contribution in [3.8, 4) is 0 Å². The first-order valence-electron chi connectivity index (χ1n) is 21.2. The lowest BCUT2D eigenvalue weighted by Gasteiger charge is -2.32. The van der Waals surface area contributed by atoms with Gasteiger partial charge in [-0.2, -0.15) is 13.6 Å². The number of nitrogens with two attached hydrogens (primary N) is 3. The molecular formula is C32H41FN15O23P4+. The third kappa shape index (κ3) is 9.94. The lowest BCUT2D eigenvalue weighted by Crippen LogP contribution is -2.45. The summed E-state index contributed by atoms with van der Waals surface area (Å²) in [5, 5.41) is 32.3. The van der Waals surface area contributed by atoms with E-state index in [4.69, 9.17) is 49.7 Å². The predicted molar refractivity (Wildman–Crippen MR) is 236 cm³/mol. The quantitative estimate of drug-likeness (QED) is 0.0288. The van der Waals surface area contributed by atoms with Gasteiger partial charge < -0.3 is 71.0 Å². The Labute approximate surface area is 413 Å². The highest BCUT2D eigenvalue weighted by Crippen LogP contribution is 2.68. The highest BCUT2D eigenvalue weighted by atomic mass is 31.3. The van der Waals surface area contributed by atoms with E-state index in [0.717, 1.165) is 28.1 Å². The number of ether oxygens (including phenoxy) is 4. The fourth-order valence-electron chi connectivity index (χ4n) is 8.70. The number of imidazole rings is 3. The van der Waals surface area contributed by atoms with Crippen molar-refractivity contribution < 1.29 is 108 Å². The fourth-order valence-corrected chi connectivity index (χ4v) is 13.3. The number of phosphoric ester groups is 3. The summed E-state index contributed by atoms with van der Waals surface area (Å²) in [7, 11) is -22.2. The Kier molecular flexibility index (Phi) is 13.5. The number of fused-ring (bicyclic) bond motifs is 5. The molecule has 4 fully saturated rings. The lowest BCUT2D eigenvalue weighted by atomic mass is 10.0. The number of aliphatic hydroxyl groups is 3. The third-order valence-electron chi connectivity index (χ3n) is 12.0. The van der Waals surface area contributed by atoms with Gasteiger partial charge in [-0.3, -0.25) is 51.4 Å². The van der Waals surface area contributed by atoms with Gasteiger partial charge in [0.2, 0.25) is 17.7 Å². The first kappa shape index (κ1) is 53.2. The van der Waals surface area contributed by atoms with Crippen LogP contribution in [0.25, 0.3) is 33.5 Å². The molecule has 4 aliphatic heterocycles. The normalized spacial score (nSPS) is 32.0.